The highest BCUT2D eigenvalue weighted by molar-refractivity contribution is 7.23. The van der Waals surface area contributed by atoms with E-state index in [0.29, 0.717) is 0 Å². The molecule has 2 aromatic heterocycles. The van der Waals surface area contributed by atoms with Gasteiger partial charge in [0.05, 0.1) is 16.4 Å². The molecule has 0 bridgehead atoms. The minimum atomic E-state index is 0.878. The lowest BCUT2D eigenvalue weighted by atomic mass is 10.3. The number of rotatable bonds is 2. The summed E-state index contributed by atoms with van der Waals surface area (Å²) in [5.41, 5.74) is 2.26. The van der Waals surface area contributed by atoms with Crippen LogP contribution in [0.2, 0.25) is 0 Å². The number of hydrogen-bond acceptors (Lipinski definition) is 3. The van der Waals surface area contributed by atoms with E-state index >= 15 is 0 Å². The molecule has 0 aliphatic heterocycles. The van der Waals surface area contributed by atoms with Crippen LogP contribution in [0.15, 0.2) is 60.8 Å². The van der Waals surface area contributed by atoms with Crippen molar-refractivity contribution in [1.29, 1.82) is 0 Å². The fourth-order valence-corrected chi connectivity index (χ4v) is 3.19. The highest BCUT2D eigenvalue weighted by Crippen LogP contribution is 2.28. The molecular weight excluding hydrogens is 254 g/mol. The molecule has 0 aliphatic carbocycles. The summed E-state index contributed by atoms with van der Waals surface area (Å²) >= 11 is 1.70. The van der Waals surface area contributed by atoms with Crippen LogP contribution in [0.1, 0.15) is 0 Å². The van der Waals surface area contributed by atoms with Gasteiger partial charge in [0, 0.05) is 5.69 Å². The van der Waals surface area contributed by atoms with E-state index < -0.39 is 0 Å². The summed E-state index contributed by atoms with van der Waals surface area (Å²) in [4.78, 5) is 5.63. The van der Waals surface area contributed by atoms with Crippen molar-refractivity contribution in [2.75, 3.05) is 5.32 Å². The minimum Gasteiger partial charge on any atom is -0.339 e. The zero-order valence-corrected chi connectivity index (χ0v) is 10.9. The Hall–Kier alpha value is -2.33. The van der Waals surface area contributed by atoms with Gasteiger partial charge in [0.15, 0.2) is 10.8 Å². The van der Waals surface area contributed by atoms with E-state index in [1.54, 1.807) is 11.3 Å². The molecule has 0 atom stereocenters. The van der Waals surface area contributed by atoms with Gasteiger partial charge in [-0.15, -0.1) is 0 Å². The maximum atomic E-state index is 4.62. The number of thiazole rings is 1. The number of para-hydroxylation sites is 2. The number of fused-ring (bicyclic) bond motifs is 3. The zero-order chi connectivity index (χ0) is 12.7. The van der Waals surface area contributed by atoms with Crippen molar-refractivity contribution in [2.24, 2.45) is 0 Å². The Balaban J connectivity index is 1.80. The number of nitrogens with one attached hydrogen (secondary N) is 1. The van der Waals surface area contributed by atoms with Gasteiger partial charge in [0.2, 0.25) is 0 Å². The van der Waals surface area contributed by atoms with E-state index in [4.69, 9.17) is 0 Å². The Kier molecular flexibility index (Phi) is 2.28. The Morgan fingerprint density at radius 3 is 2.63 bits per heavy atom. The van der Waals surface area contributed by atoms with Crippen molar-refractivity contribution < 1.29 is 0 Å². The fraction of sp³-hybridized carbons (Fsp3) is 0. The van der Waals surface area contributed by atoms with Gasteiger partial charge in [-0.25, -0.2) is 4.98 Å². The van der Waals surface area contributed by atoms with Crippen LogP contribution in [0.4, 0.5) is 11.5 Å². The molecule has 19 heavy (non-hydrogen) atoms. The zero-order valence-electron chi connectivity index (χ0n) is 10.1. The normalized spacial score (nSPS) is 11.2. The molecule has 92 valence electrons. The first kappa shape index (κ1) is 10.6. The fourth-order valence-electron chi connectivity index (χ4n) is 2.18. The molecule has 2 heterocycles. The molecule has 0 spiro atoms. The molecule has 1 N–H and O–H groups in total. The summed E-state index contributed by atoms with van der Waals surface area (Å²) in [5.74, 6) is 0.878. The van der Waals surface area contributed by atoms with Crippen molar-refractivity contribution in [3.05, 3.63) is 60.8 Å². The molecule has 0 unspecified atom stereocenters. The van der Waals surface area contributed by atoms with Gasteiger partial charge >= 0.3 is 0 Å². The molecule has 0 saturated heterocycles. The Morgan fingerprint density at radius 2 is 1.74 bits per heavy atom. The first-order valence-electron chi connectivity index (χ1n) is 6.09. The summed E-state index contributed by atoms with van der Waals surface area (Å²) in [5, 5.41) is 3.32. The summed E-state index contributed by atoms with van der Waals surface area (Å²) in [6.45, 7) is 0. The molecule has 3 nitrogen and oxygen atoms in total. The first-order valence-corrected chi connectivity index (χ1v) is 6.90. The Labute approximate surface area is 114 Å². The SMILES string of the molecule is c1ccc(Nc2cn3c(n2)sc2ccccc23)cc1. The van der Waals surface area contributed by atoms with Crippen LogP contribution < -0.4 is 5.32 Å². The van der Waals surface area contributed by atoms with Crippen LogP contribution >= 0.6 is 11.3 Å². The Bertz CT molecular complexity index is 845. The molecular formula is C15H11N3S. The molecule has 2 aromatic carbocycles. The van der Waals surface area contributed by atoms with Crippen LogP contribution in [0.3, 0.4) is 0 Å². The lowest BCUT2D eigenvalue weighted by Gasteiger charge is -2.00. The first-order chi connectivity index (χ1) is 9.40. The maximum Gasteiger partial charge on any atom is 0.196 e. The number of benzene rings is 2. The standard InChI is InChI=1S/C15H11N3S/c1-2-6-11(7-3-1)16-14-10-18-12-8-4-5-9-13(12)19-15(18)17-14/h1-10,16H. The van der Waals surface area contributed by atoms with Crippen LogP contribution in [0.25, 0.3) is 15.2 Å². The quantitative estimate of drug-likeness (QED) is 0.585. The van der Waals surface area contributed by atoms with Gasteiger partial charge in [-0.2, -0.15) is 0 Å². The lowest BCUT2D eigenvalue weighted by Crippen LogP contribution is -1.88. The van der Waals surface area contributed by atoms with Crippen LogP contribution in [-0.4, -0.2) is 9.38 Å². The van der Waals surface area contributed by atoms with Gasteiger partial charge in [-0.05, 0) is 24.3 Å². The summed E-state index contributed by atoms with van der Waals surface area (Å²) in [7, 11) is 0. The average Bonchev–Trinajstić information content (AvgIpc) is 2.97. The maximum absolute atomic E-state index is 4.62. The third-order valence-corrected chi connectivity index (χ3v) is 4.08. The summed E-state index contributed by atoms with van der Waals surface area (Å²) in [6.07, 6.45) is 2.04. The van der Waals surface area contributed by atoms with Crippen molar-refractivity contribution in [3.8, 4) is 0 Å². The number of aromatic nitrogens is 2. The third-order valence-electron chi connectivity index (χ3n) is 3.05. The third kappa shape index (κ3) is 1.77. The predicted octanol–water partition coefficient (Wildman–Crippen LogP) is 4.29. The van der Waals surface area contributed by atoms with Crippen LogP contribution in [0.5, 0.6) is 0 Å². The minimum absolute atomic E-state index is 0.878. The van der Waals surface area contributed by atoms with E-state index in [1.165, 1.54) is 10.2 Å². The van der Waals surface area contributed by atoms with Crippen molar-refractivity contribution in [1.82, 2.24) is 9.38 Å². The summed E-state index contributed by atoms with van der Waals surface area (Å²) in [6, 6.07) is 18.4. The molecule has 4 heteroatoms. The molecule has 0 fully saturated rings. The smallest absolute Gasteiger partial charge is 0.196 e. The van der Waals surface area contributed by atoms with Gasteiger partial charge in [-0.3, -0.25) is 4.40 Å². The van der Waals surface area contributed by atoms with E-state index in [1.807, 2.05) is 36.5 Å². The Morgan fingerprint density at radius 1 is 0.947 bits per heavy atom. The van der Waals surface area contributed by atoms with Crippen LogP contribution in [-0.2, 0) is 0 Å². The summed E-state index contributed by atoms with van der Waals surface area (Å²) < 4.78 is 3.39. The van der Waals surface area contributed by atoms with Gasteiger partial charge in [0.25, 0.3) is 0 Å². The number of hydrogen-bond donors (Lipinski definition) is 1. The van der Waals surface area contributed by atoms with Crippen molar-refractivity contribution in [3.63, 3.8) is 0 Å². The van der Waals surface area contributed by atoms with Crippen molar-refractivity contribution >= 4 is 38.0 Å². The topological polar surface area (TPSA) is 29.3 Å². The molecule has 4 aromatic rings. The van der Waals surface area contributed by atoms with E-state index in [0.717, 1.165) is 16.5 Å². The predicted molar refractivity (Wildman–Crippen MR) is 80.3 cm³/mol. The molecule has 4 rings (SSSR count). The highest BCUT2D eigenvalue weighted by Gasteiger charge is 2.07. The number of imidazole rings is 1. The molecule has 0 amide bonds. The monoisotopic (exact) mass is 265 g/mol. The molecule has 0 radical (unpaired) electrons. The largest absolute Gasteiger partial charge is 0.339 e. The molecule has 0 aliphatic rings. The lowest BCUT2D eigenvalue weighted by molar-refractivity contribution is 1.30. The van der Waals surface area contributed by atoms with E-state index in [9.17, 15) is 0 Å². The second kappa shape index (κ2) is 4.10. The van der Waals surface area contributed by atoms with Gasteiger partial charge < -0.3 is 5.32 Å². The van der Waals surface area contributed by atoms with Gasteiger partial charge in [0.1, 0.15) is 0 Å². The molecule has 0 saturated carbocycles. The van der Waals surface area contributed by atoms with Crippen LogP contribution in [0, 0.1) is 0 Å². The van der Waals surface area contributed by atoms with Gasteiger partial charge in [-0.1, -0.05) is 41.7 Å². The highest BCUT2D eigenvalue weighted by atomic mass is 32.1. The second-order valence-electron chi connectivity index (χ2n) is 4.34. The number of anilines is 2. The number of nitrogens with zero attached hydrogens (tertiary/aromatic N) is 2. The second-order valence-corrected chi connectivity index (χ2v) is 5.35. The van der Waals surface area contributed by atoms with E-state index in [2.05, 4.69) is 39.0 Å². The van der Waals surface area contributed by atoms with E-state index in [-0.39, 0.29) is 0 Å². The average molecular weight is 265 g/mol. The van der Waals surface area contributed by atoms with Crippen molar-refractivity contribution in [2.45, 2.75) is 0 Å².